The van der Waals surface area contributed by atoms with Crippen LogP contribution in [0.2, 0.25) is 0 Å². The summed E-state index contributed by atoms with van der Waals surface area (Å²) in [5.41, 5.74) is 4.67. The van der Waals surface area contributed by atoms with Crippen molar-refractivity contribution < 1.29 is 4.79 Å². The van der Waals surface area contributed by atoms with E-state index in [0.29, 0.717) is 17.2 Å². The molecule has 1 aliphatic rings. The van der Waals surface area contributed by atoms with E-state index in [1.807, 2.05) is 45.0 Å². The fraction of sp³-hybridized carbons (Fsp3) is 0.400. The van der Waals surface area contributed by atoms with Crippen molar-refractivity contribution in [1.82, 2.24) is 15.6 Å². The van der Waals surface area contributed by atoms with Crippen molar-refractivity contribution in [2.75, 3.05) is 18.4 Å². The normalized spacial score (nSPS) is 16.5. The van der Waals surface area contributed by atoms with Crippen molar-refractivity contribution in [2.24, 2.45) is 0 Å². The molecule has 0 radical (unpaired) electrons. The smallest absolute Gasteiger partial charge is 0.253 e. The number of aryl methyl sites for hydroxylation is 2. The van der Waals surface area contributed by atoms with Crippen LogP contribution in [0.15, 0.2) is 29.1 Å². The fourth-order valence-corrected chi connectivity index (χ4v) is 3.40. The standard InChI is InChI=1S/C20H26N4O2/c1-12-9-13(2)23-20(26)17(12)11-22-19(25)16-5-4-6-18(14(16)3)24-15-7-8-21-10-15/h4-6,9,15,21,24H,7-8,10-11H2,1-3H3,(H,22,25)(H,23,26). The first kappa shape index (κ1) is 18.2. The third-order valence-corrected chi connectivity index (χ3v) is 4.92. The van der Waals surface area contributed by atoms with Crippen molar-refractivity contribution in [2.45, 2.75) is 39.8 Å². The van der Waals surface area contributed by atoms with Crippen LogP contribution in [-0.2, 0) is 6.54 Å². The summed E-state index contributed by atoms with van der Waals surface area (Å²) in [5, 5.41) is 9.71. The first-order chi connectivity index (χ1) is 12.5. The second-order valence-electron chi connectivity index (χ2n) is 6.94. The van der Waals surface area contributed by atoms with Crippen molar-refractivity contribution in [3.05, 3.63) is 62.6 Å². The summed E-state index contributed by atoms with van der Waals surface area (Å²) in [7, 11) is 0. The molecule has 2 heterocycles. The molecule has 2 aromatic rings. The molecule has 4 N–H and O–H groups in total. The quantitative estimate of drug-likeness (QED) is 0.662. The maximum Gasteiger partial charge on any atom is 0.253 e. The van der Waals surface area contributed by atoms with Crippen LogP contribution in [0.1, 0.15) is 39.2 Å². The van der Waals surface area contributed by atoms with Crippen LogP contribution in [0.25, 0.3) is 0 Å². The van der Waals surface area contributed by atoms with Gasteiger partial charge in [-0.05, 0) is 63.1 Å². The number of amides is 1. The summed E-state index contributed by atoms with van der Waals surface area (Å²) in [6.07, 6.45) is 1.07. The lowest BCUT2D eigenvalue weighted by Gasteiger charge is -2.17. The zero-order valence-corrected chi connectivity index (χ0v) is 15.5. The number of H-pyrrole nitrogens is 1. The first-order valence-electron chi connectivity index (χ1n) is 9.00. The van der Waals surface area contributed by atoms with Gasteiger partial charge in [-0.3, -0.25) is 9.59 Å². The number of carbonyl (C=O) groups excluding carboxylic acids is 1. The molecule has 0 bridgehead atoms. The molecule has 3 rings (SSSR count). The second-order valence-corrected chi connectivity index (χ2v) is 6.94. The third kappa shape index (κ3) is 3.96. The average molecular weight is 354 g/mol. The van der Waals surface area contributed by atoms with E-state index in [9.17, 15) is 9.59 Å². The molecule has 1 fully saturated rings. The number of anilines is 1. The Balaban J connectivity index is 1.73. The molecule has 1 saturated heterocycles. The highest BCUT2D eigenvalue weighted by atomic mass is 16.1. The number of aromatic nitrogens is 1. The molecule has 1 aromatic heterocycles. The summed E-state index contributed by atoms with van der Waals surface area (Å²) in [5.74, 6) is -0.171. The minimum absolute atomic E-state index is 0.149. The van der Waals surface area contributed by atoms with Gasteiger partial charge in [-0.1, -0.05) is 6.07 Å². The minimum Gasteiger partial charge on any atom is -0.381 e. The molecular weight excluding hydrogens is 328 g/mol. The number of nitrogens with one attached hydrogen (secondary N) is 4. The predicted octanol–water partition coefficient (Wildman–Crippen LogP) is 2.00. The molecule has 1 atom stereocenters. The summed E-state index contributed by atoms with van der Waals surface area (Å²) in [6.45, 7) is 7.84. The van der Waals surface area contributed by atoms with Gasteiger partial charge < -0.3 is 20.9 Å². The lowest BCUT2D eigenvalue weighted by atomic mass is 10.0. The predicted molar refractivity (Wildman–Crippen MR) is 104 cm³/mol. The van der Waals surface area contributed by atoms with Crippen LogP contribution in [-0.4, -0.2) is 30.0 Å². The Morgan fingerprint density at radius 1 is 1.27 bits per heavy atom. The molecule has 138 valence electrons. The Morgan fingerprint density at radius 2 is 2.08 bits per heavy atom. The SMILES string of the molecule is Cc1cc(C)c(CNC(=O)c2cccc(NC3CCNC3)c2C)c(=O)[nH]1. The Bertz CT molecular complexity index is 867. The van der Waals surface area contributed by atoms with Crippen LogP contribution < -0.4 is 21.5 Å². The molecule has 1 aromatic carbocycles. The second kappa shape index (κ2) is 7.74. The Morgan fingerprint density at radius 3 is 2.77 bits per heavy atom. The van der Waals surface area contributed by atoms with Crippen molar-refractivity contribution in [1.29, 1.82) is 0 Å². The number of rotatable bonds is 5. The van der Waals surface area contributed by atoms with Gasteiger partial charge in [-0.15, -0.1) is 0 Å². The lowest BCUT2D eigenvalue weighted by Crippen LogP contribution is -2.29. The topological polar surface area (TPSA) is 86.0 Å². The van der Waals surface area contributed by atoms with E-state index in [1.165, 1.54) is 0 Å². The monoisotopic (exact) mass is 354 g/mol. The summed E-state index contributed by atoms with van der Waals surface area (Å²) in [4.78, 5) is 27.5. The minimum atomic E-state index is -0.171. The van der Waals surface area contributed by atoms with Gasteiger partial charge in [0.15, 0.2) is 0 Å². The highest BCUT2D eigenvalue weighted by molar-refractivity contribution is 5.97. The molecule has 26 heavy (non-hydrogen) atoms. The average Bonchev–Trinajstić information content (AvgIpc) is 3.08. The number of hydrogen-bond donors (Lipinski definition) is 4. The Labute approximate surface area is 153 Å². The van der Waals surface area contributed by atoms with Crippen molar-refractivity contribution >= 4 is 11.6 Å². The van der Waals surface area contributed by atoms with Gasteiger partial charge >= 0.3 is 0 Å². The molecule has 1 aliphatic heterocycles. The van der Waals surface area contributed by atoms with Crippen molar-refractivity contribution in [3.8, 4) is 0 Å². The molecule has 0 spiro atoms. The lowest BCUT2D eigenvalue weighted by molar-refractivity contribution is 0.0950. The number of hydrogen-bond acceptors (Lipinski definition) is 4. The van der Waals surface area contributed by atoms with Gasteiger partial charge in [0.1, 0.15) is 0 Å². The molecule has 6 nitrogen and oxygen atoms in total. The van der Waals surface area contributed by atoms with Gasteiger partial charge in [0.25, 0.3) is 11.5 Å². The number of aromatic amines is 1. The summed E-state index contributed by atoms with van der Waals surface area (Å²) >= 11 is 0. The van der Waals surface area contributed by atoms with E-state index < -0.39 is 0 Å². The molecule has 6 heteroatoms. The van der Waals surface area contributed by atoms with Crippen LogP contribution in [0.3, 0.4) is 0 Å². The molecule has 1 amide bonds. The summed E-state index contributed by atoms with van der Waals surface area (Å²) < 4.78 is 0. The van der Waals surface area contributed by atoms with E-state index >= 15 is 0 Å². The van der Waals surface area contributed by atoms with Gasteiger partial charge in [-0.25, -0.2) is 0 Å². The Hall–Kier alpha value is -2.60. The first-order valence-corrected chi connectivity index (χ1v) is 9.00. The fourth-order valence-electron chi connectivity index (χ4n) is 3.40. The highest BCUT2D eigenvalue weighted by Gasteiger charge is 2.17. The zero-order chi connectivity index (χ0) is 18.7. The van der Waals surface area contributed by atoms with Crippen molar-refractivity contribution in [3.63, 3.8) is 0 Å². The van der Waals surface area contributed by atoms with Gasteiger partial charge in [0.2, 0.25) is 0 Å². The number of pyridine rings is 1. The van der Waals surface area contributed by atoms with Crippen LogP contribution in [0.5, 0.6) is 0 Å². The van der Waals surface area contributed by atoms with Gasteiger partial charge in [-0.2, -0.15) is 0 Å². The maximum absolute atomic E-state index is 12.7. The van der Waals surface area contributed by atoms with E-state index in [2.05, 4.69) is 20.9 Å². The van der Waals surface area contributed by atoms with Gasteiger partial charge in [0.05, 0.1) is 0 Å². The Kier molecular flexibility index (Phi) is 5.42. The summed E-state index contributed by atoms with van der Waals surface area (Å²) in [6, 6.07) is 8.00. The van der Waals surface area contributed by atoms with E-state index in [4.69, 9.17) is 0 Å². The van der Waals surface area contributed by atoms with Gasteiger partial charge in [0, 0.05) is 41.6 Å². The largest absolute Gasteiger partial charge is 0.381 e. The van der Waals surface area contributed by atoms with E-state index in [0.717, 1.165) is 42.0 Å². The van der Waals surface area contributed by atoms with E-state index in [1.54, 1.807) is 0 Å². The highest BCUT2D eigenvalue weighted by Crippen LogP contribution is 2.21. The molecular formula is C20H26N4O2. The van der Waals surface area contributed by atoms with Crippen LogP contribution in [0, 0.1) is 20.8 Å². The maximum atomic E-state index is 12.7. The molecule has 0 aliphatic carbocycles. The third-order valence-electron chi connectivity index (χ3n) is 4.92. The van der Waals surface area contributed by atoms with Crippen LogP contribution in [0.4, 0.5) is 5.69 Å². The zero-order valence-electron chi connectivity index (χ0n) is 15.5. The molecule has 0 saturated carbocycles. The van der Waals surface area contributed by atoms with Crippen LogP contribution >= 0.6 is 0 Å². The number of carbonyl (C=O) groups is 1. The molecule has 1 unspecified atom stereocenters. The number of benzene rings is 1. The van der Waals surface area contributed by atoms with E-state index in [-0.39, 0.29) is 18.0 Å².